The van der Waals surface area contributed by atoms with Crippen molar-refractivity contribution in [1.82, 2.24) is 4.98 Å². The Labute approximate surface area is 88.8 Å². The van der Waals surface area contributed by atoms with E-state index in [9.17, 15) is 4.39 Å². The molecule has 2 rings (SSSR count). The lowest BCUT2D eigenvalue weighted by atomic mass is 10.2. The molecule has 15 heavy (non-hydrogen) atoms. The molecule has 0 aliphatic rings. The van der Waals surface area contributed by atoms with E-state index >= 15 is 0 Å². The smallest absolute Gasteiger partial charge is 0.191 e. The van der Waals surface area contributed by atoms with E-state index < -0.39 is 0 Å². The third-order valence-electron chi connectivity index (χ3n) is 1.76. The third kappa shape index (κ3) is 2.91. The van der Waals surface area contributed by atoms with E-state index in [0.717, 1.165) is 11.3 Å². The normalized spacial score (nSPS) is 9.33. The highest BCUT2D eigenvalue weighted by Crippen LogP contribution is 2.18. The van der Waals surface area contributed by atoms with Gasteiger partial charge in [0.1, 0.15) is 17.8 Å². The van der Waals surface area contributed by atoms with Gasteiger partial charge in [-0.3, -0.25) is 0 Å². The van der Waals surface area contributed by atoms with Gasteiger partial charge in [0.25, 0.3) is 0 Å². The van der Waals surface area contributed by atoms with Crippen LogP contribution in [0.2, 0.25) is 0 Å². The van der Waals surface area contributed by atoms with Crippen molar-refractivity contribution in [2.75, 3.05) is 0 Å². The second kappa shape index (κ2) is 5.29. The molecule has 0 N–H and O–H groups in total. The lowest BCUT2D eigenvalue weighted by molar-refractivity contribution is 0.521. The van der Waals surface area contributed by atoms with Crippen LogP contribution < -0.4 is 0 Å². The van der Waals surface area contributed by atoms with Gasteiger partial charge in [0.05, 0.1) is 0 Å². The van der Waals surface area contributed by atoms with E-state index in [4.69, 9.17) is 4.42 Å². The molecule has 0 radical (unpaired) electrons. The Hall–Kier alpha value is -1.64. The molecule has 1 aromatic carbocycles. The summed E-state index contributed by atoms with van der Waals surface area (Å²) in [6, 6.07) is 6.15. The van der Waals surface area contributed by atoms with Gasteiger partial charge in [0, 0.05) is 12.5 Å². The predicted molar refractivity (Wildman–Crippen MR) is 58.0 cm³/mol. The van der Waals surface area contributed by atoms with E-state index in [0.29, 0.717) is 5.89 Å². The summed E-state index contributed by atoms with van der Waals surface area (Å²) in [6.07, 6.45) is 1.56. The fraction of sp³-hybridized carbons (Fsp3) is 0.250. The minimum absolute atomic E-state index is 0.246. The zero-order valence-electron chi connectivity index (χ0n) is 9.12. The molecule has 1 heterocycles. The monoisotopic (exact) mass is 207 g/mol. The molecule has 1 aromatic heterocycles. The molecule has 0 fully saturated rings. The van der Waals surface area contributed by atoms with Crippen molar-refractivity contribution in [3.8, 4) is 11.3 Å². The van der Waals surface area contributed by atoms with Gasteiger partial charge in [0.2, 0.25) is 0 Å². The average Bonchev–Trinajstić information content (AvgIpc) is 2.69. The van der Waals surface area contributed by atoms with Crippen LogP contribution in [-0.2, 0) is 0 Å². The van der Waals surface area contributed by atoms with Crippen LogP contribution in [0.15, 0.2) is 34.9 Å². The zero-order chi connectivity index (χ0) is 11.3. The number of halogens is 1. The first kappa shape index (κ1) is 11.4. The molecule has 0 saturated carbocycles. The Morgan fingerprint density at radius 2 is 1.73 bits per heavy atom. The van der Waals surface area contributed by atoms with Gasteiger partial charge in [-0.2, -0.15) is 0 Å². The minimum atomic E-state index is -0.246. The van der Waals surface area contributed by atoms with Gasteiger partial charge < -0.3 is 4.42 Å². The lowest BCUT2D eigenvalue weighted by Crippen LogP contribution is -1.78. The first-order chi connectivity index (χ1) is 7.25. The number of aryl methyl sites for hydroxylation is 1. The Balaban J connectivity index is 0.000000531. The topological polar surface area (TPSA) is 26.0 Å². The molecule has 3 heteroatoms. The summed E-state index contributed by atoms with van der Waals surface area (Å²) in [5.74, 6) is 0.364. The molecule has 80 valence electrons. The standard InChI is InChI=1S/C10H8FNO.C2H6/c1-7-12-10(6-13-7)8-2-4-9(11)5-3-8;1-2/h2-6H,1H3;1-2H3. The highest BCUT2D eigenvalue weighted by molar-refractivity contribution is 5.57. The fourth-order valence-corrected chi connectivity index (χ4v) is 1.12. The largest absolute Gasteiger partial charge is 0.449 e. The zero-order valence-corrected chi connectivity index (χ0v) is 9.12. The van der Waals surface area contributed by atoms with Crippen LogP contribution >= 0.6 is 0 Å². The number of hydrogen-bond acceptors (Lipinski definition) is 2. The first-order valence-electron chi connectivity index (χ1n) is 4.94. The lowest BCUT2D eigenvalue weighted by Gasteiger charge is -1.93. The van der Waals surface area contributed by atoms with Gasteiger partial charge in [0.15, 0.2) is 5.89 Å². The van der Waals surface area contributed by atoms with Gasteiger partial charge in [-0.15, -0.1) is 0 Å². The first-order valence-corrected chi connectivity index (χ1v) is 4.94. The van der Waals surface area contributed by atoms with Crippen molar-refractivity contribution >= 4 is 0 Å². The van der Waals surface area contributed by atoms with Gasteiger partial charge in [-0.1, -0.05) is 13.8 Å². The second-order valence-electron chi connectivity index (χ2n) is 2.76. The Morgan fingerprint density at radius 3 is 2.20 bits per heavy atom. The van der Waals surface area contributed by atoms with Crippen LogP contribution in [-0.4, -0.2) is 4.98 Å². The van der Waals surface area contributed by atoms with Gasteiger partial charge in [-0.25, -0.2) is 9.37 Å². The molecule has 0 amide bonds. The molecule has 0 aliphatic heterocycles. The third-order valence-corrected chi connectivity index (χ3v) is 1.76. The summed E-state index contributed by atoms with van der Waals surface area (Å²) in [5, 5.41) is 0. The summed E-state index contributed by atoms with van der Waals surface area (Å²) < 4.78 is 17.6. The van der Waals surface area contributed by atoms with E-state index in [1.165, 1.54) is 12.1 Å². The summed E-state index contributed by atoms with van der Waals surface area (Å²) >= 11 is 0. The highest BCUT2D eigenvalue weighted by atomic mass is 19.1. The van der Waals surface area contributed by atoms with Crippen LogP contribution in [0.1, 0.15) is 19.7 Å². The van der Waals surface area contributed by atoms with Gasteiger partial charge >= 0.3 is 0 Å². The van der Waals surface area contributed by atoms with E-state index in [2.05, 4.69) is 4.98 Å². The van der Waals surface area contributed by atoms with Crippen molar-refractivity contribution in [1.29, 1.82) is 0 Å². The van der Waals surface area contributed by atoms with Gasteiger partial charge in [-0.05, 0) is 24.3 Å². The van der Waals surface area contributed by atoms with Crippen LogP contribution in [0.4, 0.5) is 4.39 Å². The molecule has 0 saturated heterocycles. The summed E-state index contributed by atoms with van der Waals surface area (Å²) in [5.41, 5.74) is 1.59. The Morgan fingerprint density at radius 1 is 1.13 bits per heavy atom. The van der Waals surface area contributed by atoms with E-state index in [1.807, 2.05) is 13.8 Å². The molecule has 0 aliphatic carbocycles. The maximum atomic E-state index is 12.6. The molecule has 0 spiro atoms. The fourth-order valence-electron chi connectivity index (χ4n) is 1.12. The number of benzene rings is 1. The molecule has 2 nitrogen and oxygen atoms in total. The summed E-state index contributed by atoms with van der Waals surface area (Å²) in [6.45, 7) is 5.77. The van der Waals surface area contributed by atoms with E-state index in [1.54, 1.807) is 25.3 Å². The van der Waals surface area contributed by atoms with Crippen LogP contribution in [0.25, 0.3) is 11.3 Å². The maximum absolute atomic E-state index is 12.6. The second-order valence-corrected chi connectivity index (χ2v) is 2.76. The van der Waals surface area contributed by atoms with E-state index in [-0.39, 0.29) is 5.82 Å². The number of aromatic nitrogens is 1. The van der Waals surface area contributed by atoms with Crippen LogP contribution in [0, 0.1) is 12.7 Å². The molecule has 2 aromatic rings. The molecular formula is C12H14FNO. The van der Waals surface area contributed by atoms with Crippen molar-refractivity contribution in [2.24, 2.45) is 0 Å². The number of nitrogens with zero attached hydrogens (tertiary/aromatic N) is 1. The van der Waals surface area contributed by atoms with Crippen molar-refractivity contribution < 1.29 is 8.81 Å². The SMILES string of the molecule is CC.Cc1nc(-c2ccc(F)cc2)co1. The maximum Gasteiger partial charge on any atom is 0.191 e. The minimum Gasteiger partial charge on any atom is -0.449 e. The van der Waals surface area contributed by atoms with Crippen LogP contribution in [0.5, 0.6) is 0 Å². The molecule has 0 unspecified atom stereocenters. The number of oxazole rings is 1. The molecular weight excluding hydrogens is 193 g/mol. The van der Waals surface area contributed by atoms with Crippen molar-refractivity contribution in [2.45, 2.75) is 20.8 Å². The Bertz CT molecular complexity index is 406. The quantitative estimate of drug-likeness (QED) is 0.710. The number of rotatable bonds is 1. The van der Waals surface area contributed by atoms with Crippen LogP contribution in [0.3, 0.4) is 0 Å². The average molecular weight is 207 g/mol. The molecule has 0 atom stereocenters. The highest BCUT2D eigenvalue weighted by Gasteiger charge is 2.02. The summed E-state index contributed by atoms with van der Waals surface area (Å²) in [7, 11) is 0. The molecule has 0 bridgehead atoms. The Kier molecular flexibility index (Phi) is 4.03. The van der Waals surface area contributed by atoms with Crippen molar-refractivity contribution in [3.63, 3.8) is 0 Å². The summed E-state index contributed by atoms with van der Waals surface area (Å²) in [4.78, 5) is 4.12. The van der Waals surface area contributed by atoms with Crippen molar-refractivity contribution in [3.05, 3.63) is 42.2 Å². The number of hydrogen-bond donors (Lipinski definition) is 0. The predicted octanol–water partition coefficient (Wildman–Crippen LogP) is 3.82.